The summed E-state index contributed by atoms with van der Waals surface area (Å²) >= 11 is 0. The molecule has 17 heavy (non-hydrogen) atoms. The van der Waals surface area contributed by atoms with Crippen LogP contribution in [-0.4, -0.2) is 0 Å². The minimum atomic E-state index is 0.866. The second kappa shape index (κ2) is 5.05. The lowest BCUT2D eigenvalue weighted by atomic mass is 10.00. The summed E-state index contributed by atoms with van der Waals surface area (Å²) in [6.07, 6.45) is 3.81. The topological polar surface area (TPSA) is 13.1 Å². The molecule has 0 bridgehead atoms. The lowest BCUT2D eigenvalue weighted by molar-refractivity contribution is 0.543. The lowest BCUT2D eigenvalue weighted by Crippen LogP contribution is -1.89. The Morgan fingerprint density at radius 2 is 1.88 bits per heavy atom. The molecule has 1 aromatic heterocycles. The van der Waals surface area contributed by atoms with E-state index in [1.807, 2.05) is 31.2 Å². The van der Waals surface area contributed by atoms with Gasteiger partial charge in [0.1, 0.15) is 11.5 Å². The quantitative estimate of drug-likeness (QED) is 0.697. The molecule has 0 fully saturated rings. The van der Waals surface area contributed by atoms with Crippen LogP contribution in [0.3, 0.4) is 0 Å². The molecule has 0 aliphatic rings. The van der Waals surface area contributed by atoms with Gasteiger partial charge in [-0.05, 0) is 25.3 Å². The summed E-state index contributed by atoms with van der Waals surface area (Å²) in [6, 6.07) is 10.3. The molecule has 0 aliphatic carbocycles. The Kier molecular flexibility index (Phi) is 3.48. The van der Waals surface area contributed by atoms with Crippen LogP contribution in [0.15, 0.2) is 47.4 Å². The zero-order chi connectivity index (χ0) is 12.3. The Morgan fingerprint density at radius 1 is 1.18 bits per heavy atom. The number of rotatable bonds is 4. The summed E-state index contributed by atoms with van der Waals surface area (Å²) in [5.74, 6) is 2.03. The van der Waals surface area contributed by atoms with Gasteiger partial charge in [-0.3, -0.25) is 0 Å². The Balaban J connectivity index is 2.57. The van der Waals surface area contributed by atoms with Gasteiger partial charge in [0.05, 0.1) is 0 Å². The van der Waals surface area contributed by atoms with Gasteiger partial charge in [-0.15, -0.1) is 6.58 Å². The van der Waals surface area contributed by atoms with Crippen LogP contribution in [0.25, 0.3) is 11.3 Å². The van der Waals surface area contributed by atoms with E-state index in [0.29, 0.717) is 0 Å². The molecule has 0 amide bonds. The molecule has 0 saturated heterocycles. The minimum absolute atomic E-state index is 0.866. The Bertz CT molecular complexity index is 506. The van der Waals surface area contributed by atoms with E-state index in [1.165, 1.54) is 11.1 Å². The van der Waals surface area contributed by atoms with Crippen LogP contribution in [0.4, 0.5) is 0 Å². The van der Waals surface area contributed by atoms with Crippen molar-refractivity contribution in [2.24, 2.45) is 0 Å². The zero-order valence-electron chi connectivity index (χ0n) is 10.5. The molecule has 0 atom stereocenters. The molecule has 1 aromatic carbocycles. The molecule has 1 nitrogen and oxygen atoms in total. The second-order valence-electron chi connectivity index (χ2n) is 4.16. The third-order valence-corrected chi connectivity index (χ3v) is 3.06. The fraction of sp³-hybridized carbons (Fsp3) is 0.250. The smallest absolute Gasteiger partial charge is 0.138 e. The average Bonchev–Trinajstić information content (AvgIpc) is 2.67. The van der Waals surface area contributed by atoms with Gasteiger partial charge in [0, 0.05) is 11.1 Å². The lowest BCUT2D eigenvalue weighted by Gasteiger charge is -2.02. The van der Waals surface area contributed by atoms with Crippen molar-refractivity contribution in [3.05, 3.63) is 59.9 Å². The maximum absolute atomic E-state index is 5.93. The van der Waals surface area contributed by atoms with E-state index in [4.69, 9.17) is 4.42 Å². The molecule has 0 spiro atoms. The molecule has 1 heteroatoms. The second-order valence-corrected chi connectivity index (χ2v) is 4.16. The van der Waals surface area contributed by atoms with Crippen LogP contribution in [-0.2, 0) is 12.8 Å². The summed E-state index contributed by atoms with van der Waals surface area (Å²) in [5.41, 5.74) is 3.75. The number of hydrogen-bond donors (Lipinski definition) is 0. The van der Waals surface area contributed by atoms with Gasteiger partial charge >= 0.3 is 0 Å². The number of benzene rings is 1. The van der Waals surface area contributed by atoms with E-state index in [1.54, 1.807) is 0 Å². The Morgan fingerprint density at radius 3 is 2.47 bits per heavy atom. The first kappa shape index (κ1) is 11.7. The molecular formula is C16H18O. The molecular weight excluding hydrogens is 208 g/mol. The summed E-state index contributed by atoms with van der Waals surface area (Å²) in [5, 5.41) is 0. The number of hydrogen-bond acceptors (Lipinski definition) is 1. The first-order chi connectivity index (χ1) is 8.27. The van der Waals surface area contributed by atoms with Crippen molar-refractivity contribution in [3.8, 4) is 11.3 Å². The molecule has 0 radical (unpaired) electrons. The largest absolute Gasteiger partial charge is 0.461 e. The summed E-state index contributed by atoms with van der Waals surface area (Å²) < 4.78 is 5.93. The van der Waals surface area contributed by atoms with Gasteiger partial charge in [-0.2, -0.15) is 0 Å². The fourth-order valence-electron chi connectivity index (χ4n) is 2.27. The number of allylic oxidation sites excluding steroid dienone is 1. The highest BCUT2D eigenvalue weighted by Crippen LogP contribution is 2.32. The van der Waals surface area contributed by atoms with Crippen molar-refractivity contribution in [1.29, 1.82) is 0 Å². The summed E-state index contributed by atoms with van der Waals surface area (Å²) in [4.78, 5) is 0. The normalized spacial score (nSPS) is 10.5. The molecule has 0 N–H and O–H groups in total. The third kappa shape index (κ3) is 2.19. The summed E-state index contributed by atoms with van der Waals surface area (Å²) in [6.45, 7) is 8.04. The molecule has 88 valence electrons. The monoisotopic (exact) mass is 226 g/mol. The van der Waals surface area contributed by atoms with E-state index < -0.39 is 0 Å². The van der Waals surface area contributed by atoms with Gasteiger partial charge < -0.3 is 4.42 Å². The third-order valence-electron chi connectivity index (χ3n) is 3.06. The van der Waals surface area contributed by atoms with Crippen LogP contribution in [0.1, 0.15) is 23.8 Å². The molecule has 2 rings (SSSR count). The molecule has 0 saturated carbocycles. The van der Waals surface area contributed by atoms with Gasteiger partial charge in [0.15, 0.2) is 0 Å². The predicted octanol–water partition coefficient (Wildman–Crippen LogP) is 4.55. The van der Waals surface area contributed by atoms with Crippen LogP contribution in [0.5, 0.6) is 0 Å². The maximum Gasteiger partial charge on any atom is 0.138 e. The molecule has 2 aromatic rings. The Hall–Kier alpha value is -1.76. The van der Waals surface area contributed by atoms with Crippen molar-refractivity contribution in [3.63, 3.8) is 0 Å². The van der Waals surface area contributed by atoms with Crippen LogP contribution in [0, 0.1) is 6.92 Å². The average molecular weight is 226 g/mol. The number of furan rings is 1. The van der Waals surface area contributed by atoms with Crippen LogP contribution < -0.4 is 0 Å². The van der Waals surface area contributed by atoms with Gasteiger partial charge in [0.2, 0.25) is 0 Å². The van der Waals surface area contributed by atoms with Gasteiger partial charge in [-0.1, -0.05) is 43.3 Å². The van der Waals surface area contributed by atoms with E-state index >= 15 is 0 Å². The predicted molar refractivity (Wildman–Crippen MR) is 72.2 cm³/mol. The fourth-order valence-corrected chi connectivity index (χ4v) is 2.27. The van der Waals surface area contributed by atoms with Crippen LogP contribution in [0.2, 0.25) is 0 Å². The van der Waals surface area contributed by atoms with Gasteiger partial charge in [-0.25, -0.2) is 0 Å². The zero-order valence-corrected chi connectivity index (χ0v) is 10.5. The molecule has 0 aliphatic heterocycles. The SMILES string of the molecule is C=CCc1c(-c2ccccc2)oc(C)c1CC. The van der Waals surface area contributed by atoms with Crippen molar-refractivity contribution in [1.82, 2.24) is 0 Å². The van der Waals surface area contributed by atoms with E-state index in [2.05, 4.69) is 25.6 Å². The van der Waals surface area contributed by atoms with E-state index in [9.17, 15) is 0 Å². The molecule has 1 heterocycles. The van der Waals surface area contributed by atoms with Crippen molar-refractivity contribution in [2.45, 2.75) is 26.7 Å². The van der Waals surface area contributed by atoms with Gasteiger partial charge in [0.25, 0.3) is 0 Å². The highest BCUT2D eigenvalue weighted by molar-refractivity contribution is 5.64. The van der Waals surface area contributed by atoms with E-state index in [-0.39, 0.29) is 0 Å². The Labute approximate surface area is 103 Å². The van der Waals surface area contributed by atoms with Crippen molar-refractivity contribution < 1.29 is 4.42 Å². The minimum Gasteiger partial charge on any atom is -0.461 e. The maximum atomic E-state index is 5.93. The highest BCUT2D eigenvalue weighted by atomic mass is 16.3. The highest BCUT2D eigenvalue weighted by Gasteiger charge is 2.16. The summed E-state index contributed by atoms with van der Waals surface area (Å²) in [7, 11) is 0. The first-order valence-electron chi connectivity index (χ1n) is 6.05. The standard InChI is InChI=1S/C16H18O/c1-4-9-15-14(5-2)12(3)17-16(15)13-10-7-6-8-11-13/h4,6-8,10-11H,1,5,9H2,2-3H3. The van der Waals surface area contributed by atoms with E-state index in [0.717, 1.165) is 29.9 Å². The van der Waals surface area contributed by atoms with Crippen molar-refractivity contribution >= 4 is 0 Å². The molecule has 0 unspecified atom stereocenters. The van der Waals surface area contributed by atoms with Crippen LogP contribution >= 0.6 is 0 Å². The number of aryl methyl sites for hydroxylation is 1. The first-order valence-corrected chi connectivity index (χ1v) is 6.05. The van der Waals surface area contributed by atoms with Crippen molar-refractivity contribution in [2.75, 3.05) is 0 Å².